The number of nitrogens with one attached hydrogen (secondary N) is 1. The standard InChI is InChI=1S/C15H13NO4/c1-9(17)11-4-2-3-5-13(11)16-15(20)12-8-10(18)6-7-14(12)19/h2-8,18-19H,1H3,(H,16,20). The van der Waals surface area contributed by atoms with Crippen LogP contribution in [0.15, 0.2) is 42.5 Å². The molecule has 5 nitrogen and oxygen atoms in total. The van der Waals surface area contributed by atoms with Gasteiger partial charge >= 0.3 is 0 Å². The topological polar surface area (TPSA) is 86.6 Å². The number of rotatable bonds is 3. The third kappa shape index (κ3) is 2.77. The van der Waals surface area contributed by atoms with Crippen molar-refractivity contribution in [3.8, 4) is 11.5 Å². The van der Waals surface area contributed by atoms with Gasteiger partial charge in [0.25, 0.3) is 5.91 Å². The van der Waals surface area contributed by atoms with Gasteiger partial charge in [-0.2, -0.15) is 0 Å². The Balaban J connectivity index is 2.33. The molecule has 0 saturated heterocycles. The van der Waals surface area contributed by atoms with Gasteiger partial charge in [-0.05, 0) is 37.3 Å². The van der Waals surface area contributed by atoms with E-state index >= 15 is 0 Å². The summed E-state index contributed by atoms with van der Waals surface area (Å²) < 4.78 is 0. The molecule has 0 spiro atoms. The molecule has 0 aliphatic heterocycles. The lowest BCUT2D eigenvalue weighted by Gasteiger charge is -2.10. The molecule has 0 unspecified atom stereocenters. The van der Waals surface area contributed by atoms with Gasteiger partial charge in [-0.3, -0.25) is 9.59 Å². The van der Waals surface area contributed by atoms with Crippen molar-refractivity contribution in [2.45, 2.75) is 6.92 Å². The van der Waals surface area contributed by atoms with Crippen LogP contribution in [0.5, 0.6) is 11.5 Å². The second-order valence-electron chi connectivity index (χ2n) is 4.26. The van der Waals surface area contributed by atoms with E-state index in [-0.39, 0.29) is 22.8 Å². The lowest BCUT2D eigenvalue weighted by molar-refractivity contribution is 0.101. The Morgan fingerprint density at radius 1 is 1.00 bits per heavy atom. The molecule has 5 heteroatoms. The summed E-state index contributed by atoms with van der Waals surface area (Å²) in [5, 5.41) is 21.5. The molecule has 20 heavy (non-hydrogen) atoms. The zero-order valence-electron chi connectivity index (χ0n) is 10.8. The van der Waals surface area contributed by atoms with E-state index in [0.717, 1.165) is 6.07 Å². The minimum Gasteiger partial charge on any atom is -0.508 e. The number of phenols is 2. The molecule has 0 saturated carbocycles. The van der Waals surface area contributed by atoms with Crippen LogP contribution in [0.3, 0.4) is 0 Å². The highest BCUT2D eigenvalue weighted by Crippen LogP contribution is 2.24. The highest BCUT2D eigenvalue weighted by molar-refractivity contribution is 6.10. The van der Waals surface area contributed by atoms with Gasteiger partial charge in [0.05, 0.1) is 11.3 Å². The molecule has 0 bridgehead atoms. The van der Waals surface area contributed by atoms with Crippen molar-refractivity contribution in [3.05, 3.63) is 53.6 Å². The summed E-state index contributed by atoms with van der Waals surface area (Å²) >= 11 is 0. The lowest BCUT2D eigenvalue weighted by Crippen LogP contribution is -2.14. The number of carbonyl (C=O) groups excluding carboxylic acids is 2. The smallest absolute Gasteiger partial charge is 0.259 e. The zero-order chi connectivity index (χ0) is 14.7. The van der Waals surface area contributed by atoms with Crippen LogP contribution in [0.1, 0.15) is 27.6 Å². The minimum atomic E-state index is -0.605. The molecule has 2 aromatic rings. The monoisotopic (exact) mass is 271 g/mol. The normalized spacial score (nSPS) is 10.1. The third-order valence-corrected chi connectivity index (χ3v) is 2.78. The van der Waals surface area contributed by atoms with Crippen molar-refractivity contribution in [1.29, 1.82) is 0 Å². The average Bonchev–Trinajstić information content (AvgIpc) is 2.41. The summed E-state index contributed by atoms with van der Waals surface area (Å²) in [6, 6.07) is 10.2. The summed E-state index contributed by atoms with van der Waals surface area (Å²) in [5.41, 5.74) is 0.664. The van der Waals surface area contributed by atoms with Crippen molar-refractivity contribution < 1.29 is 19.8 Å². The molecule has 2 aromatic carbocycles. The number of anilines is 1. The van der Waals surface area contributed by atoms with Crippen molar-refractivity contribution in [2.24, 2.45) is 0 Å². The van der Waals surface area contributed by atoms with Crippen LogP contribution in [0.25, 0.3) is 0 Å². The molecule has 0 atom stereocenters. The molecule has 1 amide bonds. The molecule has 2 rings (SSSR count). The molecular formula is C15H13NO4. The number of benzene rings is 2. The van der Waals surface area contributed by atoms with E-state index < -0.39 is 5.91 Å². The highest BCUT2D eigenvalue weighted by atomic mass is 16.3. The Bertz CT molecular complexity index is 679. The second-order valence-corrected chi connectivity index (χ2v) is 4.26. The maximum atomic E-state index is 12.1. The predicted molar refractivity (Wildman–Crippen MR) is 74.2 cm³/mol. The van der Waals surface area contributed by atoms with E-state index in [4.69, 9.17) is 0 Å². The van der Waals surface area contributed by atoms with Crippen LogP contribution < -0.4 is 5.32 Å². The second kappa shape index (κ2) is 5.44. The number of amides is 1. The molecule has 102 valence electrons. The van der Waals surface area contributed by atoms with Gasteiger partial charge in [-0.1, -0.05) is 12.1 Å². The number of carbonyl (C=O) groups is 2. The molecular weight excluding hydrogens is 258 g/mol. The molecule has 0 radical (unpaired) electrons. The average molecular weight is 271 g/mol. The van der Waals surface area contributed by atoms with E-state index in [0.29, 0.717) is 11.3 Å². The fourth-order valence-electron chi connectivity index (χ4n) is 1.79. The van der Waals surface area contributed by atoms with Crippen molar-refractivity contribution in [3.63, 3.8) is 0 Å². The summed E-state index contributed by atoms with van der Waals surface area (Å²) in [6.07, 6.45) is 0. The van der Waals surface area contributed by atoms with Crippen molar-refractivity contribution >= 4 is 17.4 Å². The SMILES string of the molecule is CC(=O)c1ccccc1NC(=O)c1cc(O)ccc1O. The molecule has 0 aliphatic carbocycles. The first-order valence-corrected chi connectivity index (χ1v) is 5.92. The maximum absolute atomic E-state index is 12.1. The lowest BCUT2D eigenvalue weighted by atomic mass is 10.1. The minimum absolute atomic E-state index is 0.0663. The Morgan fingerprint density at radius 2 is 1.70 bits per heavy atom. The molecule has 0 heterocycles. The number of hydrogen-bond donors (Lipinski definition) is 3. The third-order valence-electron chi connectivity index (χ3n) is 2.78. The van der Waals surface area contributed by atoms with Crippen LogP contribution in [0.4, 0.5) is 5.69 Å². The van der Waals surface area contributed by atoms with Gasteiger partial charge in [-0.15, -0.1) is 0 Å². The Hall–Kier alpha value is -2.82. The summed E-state index contributed by atoms with van der Waals surface area (Å²) in [5.74, 6) is -1.17. The Kier molecular flexibility index (Phi) is 3.70. The van der Waals surface area contributed by atoms with Crippen LogP contribution in [-0.4, -0.2) is 21.9 Å². The molecule has 0 fully saturated rings. The quantitative estimate of drug-likeness (QED) is 0.591. The molecule has 0 aliphatic rings. The highest BCUT2D eigenvalue weighted by Gasteiger charge is 2.14. The molecule has 3 N–H and O–H groups in total. The molecule has 0 aromatic heterocycles. The van der Waals surface area contributed by atoms with Crippen LogP contribution >= 0.6 is 0 Å². The predicted octanol–water partition coefficient (Wildman–Crippen LogP) is 2.55. The number of Topliss-reactive ketones (excluding diaryl/α,β-unsaturated/α-hetero) is 1. The summed E-state index contributed by atoms with van der Waals surface area (Å²) in [4.78, 5) is 23.5. The van der Waals surface area contributed by atoms with E-state index in [2.05, 4.69) is 5.32 Å². The van der Waals surface area contributed by atoms with E-state index in [9.17, 15) is 19.8 Å². The fraction of sp³-hybridized carbons (Fsp3) is 0.0667. The maximum Gasteiger partial charge on any atom is 0.259 e. The van der Waals surface area contributed by atoms with Crippen molar-refractivity contribution in [1.82, 2.24) is 0 Å². The first kappa shape index (κ1) is 13.6. The van der Waals surface area contributed by atoms with Gasteiger partial charge in [0.2, 0.25) is 0 Å². The van der Waals surface area contributed by atoms with Gasteiger partial charge in [-0.25, -0.2) is 0 Å². The first-order valence-electron chi connectivity index (χ1n) is 5.92. The van der Waals surface area contributed by atoms with Gasteiger partial charge < -0.3 is 15.5 Å². The zero-order valence-corrected chi connectivity index (χ0v) is 10.8. The van der Waals surface area contributed by atoms with E-state index in [1.165, 1.54) is 19.1 Å². The fourth-order valence-corrected chi connectivity index (χ4v) is 1.79. The number of ketones is 1. The van der Waals surface area contributed by atoms with Gasteiger partial charge in [0.15, 0.2) is 5.78 Å². The first-order chi connectivity index (χ1) is 9.49. The number of hydrogen-bond acceptors (Lipinski definition) is 4. The Morgan fingerprint density at radius 3 is 2.40 bits per heavy atom. The Labute approximate surface area is 115 Å². The van der Waals surface area contributed by atoms with Crippen LogP contribution in [0, 0.1) is 0 Å². The van der Waals surface area contributed by atoms with E-state index in [1.807, 2.05) is 0 Å². The largest absolute Gasteiger partial charge is 0.508 e. The van der Waals surface area contributed by atoms with Gasteiger partial charge in [0.1, 0.15) is 11.5 Å². The number of phenolic OH excluding ortho intramolecular Hbond substituents is 2. The van der Waals surface area contributed by atoms with E-state index in [1.54, 1.807) is 24.3 Å². The van der Waals surface area contributed by atoms with Crippen molar-refractivity contribution in [2.75, 3.05) is 5.32 Å². The van der Waals surface area contributed by atoms with Crippen LogP contribution in [-0.2, 0) is 0 Å². The van der Waals surface area contributed by atoms with Gasteiger partial charge in [0, 0.05) is 5.56 Å². The number of aromatic hydroxyl groups is 2. The summed E-state index contributed by atoms with van der Waals surface area (Å²) in [6.45, 7) is 1.40. The number of para-hydroxylation sites is 1. The summed E-state index contributed by atoms with van der Waals surface area (Å²) in [7, 11) is 0. The van der Waals surface area contributed by atoms with Crippen LogP contribution in [0.2, 0.25) is 0 Å².